The predicted octanol–water partition coefficient (Wildman–Crippen LogP) is 0.645. The lowest BCUT2D eigenvalue weighted by molar-refractivity contribution is -0.125. The molecule has 120 valence electrons. The fraction of sp³-hybridized carbons (Fsp3) is 0.467. The van der Waals surface area contributed by atoms with Crippen LogP contribution in [0.3, 0.4) is 0 Å². The highest BCUT2D eigenvalue weighted by molar-refractivity contribution is 5.96. The molecule has 22 heavy (non-hydrogen) atoms. The first-order chi connectivity index (χ1) is 10.5. The molecule has 0 spiro atoms. The van der Waals surface area contributed by atoms with Crippen LogP contribution in [0.1, 0.15) is 18.1 Å². The van der Waals surface area contributed by atoms with E-state index in [2.05, 4.69) is 5.32 Å². The first kappa shape index (κ1) is 16.1. The summed E-state index contributed by atoms with van der Waals surface area (Å²) >= 11 is 0. The number of amides is 3. The summed E-state index contributed by atoms with van der Waals surface area (Å²) in [7, 11) is 3.20. The van der Waals surface area contributed by atoms with Gasteiger partial charge in [0.15, 0.2) is 11.5 Å². The van der Waals surface area contributed by atoms with E-state index in [1.54, 1.807) is 21.1 Å². The van der Waals surface area contributed by atoms with Gasteiger partial charge in [0.2, 0.25) is 5.91 Å². The summed E-state index contributed by atoms with van der Waals surface area (Å²) in [5.74, 6) is 0.975. The highest BCUT2D eigenvalue weighted by atomic mass is 16.5. The van der Waals surface area contributed by atoms with Crippen molar-refractivity contribution >= 4 is 11.9 Å². The Bertz CT molecular complexity index is 588. The monoisotopic (exact) mass is 307 g/mol. The number of primary amides is 1. The Hall–Kier alpha value is -2.28. The summed E-state index contributed by atoms with van der Waals surface area (Å²) in [5.41, 5.74) is 7.25. The first-order valence-electron chi connectivity index (χ1n) is 7.04. The van der Waals surface area contributed by atoms with Gasteiger partial charge in [-0.2, -0.15) is 0 Å². The molecule has 0 saturated heterocycles. The van der Waals surface area contributed by atoms with Crippen LogP contribution in [0.4, 0.5) is 4.79 Å². The van der Waals surface area contributed by atoms with Gasteiger partial charge in [0.25, 0.3) is 0 Å². The van der Waals surface area contributed by atoms with E-state index in [-0.39, 0.29) is 0 Å². The molecule has 1 aliphatic rings. The Morgan fingerprint density at radius 1 is 1.23 bits per heavy atom. The van der Waals surface area contributed by atoms with Crippen LogP contribution in [0.25, 0.3) is 0 Å². The number of rotatable bonds is 4. The summed E-state index contributed by atoms with van der Waals surface area (Å²) in [6.45, 7) is 3.07. The molecule has 1 aliphatic heterocycles. The summed E-state index contributed by atoms with van der Waals surface area (Å²) in [6.07, 6.45) is 0.796. The fourth-order valence-electron chi connectivity index (χ4n) is 2.63. The summed E-state index contributed by atoms with van der Waals surface area (Å²) in [4.78, 5) is 24.7. The number of imide groups is 1. The molecule has 0 radical (unpaired) electrons. The van der Waals surface area contributed by atoms with Crippen LogP contribution >= 0.6 is 0 Å². The topological polar surface area (TPSA) is 93.9 Å². The van der Waals surface area contributed by atoms with Crippen molar-refractivity contribution in [1.82, 2.24) is 10.2 Å². The van der Waals surface area contributed by atoms with Gasteiger partial charge in [0.05, 0.1) is 20.3 Å². The Morgan fingerprint density at radius 2 is 1.82 bits per heavy atom. The molecule has 0 aliphatic carbocycles. The molecule has 2 rings (SSSR count). The minimum atomic E-state index is -0.833. The molecule has 3 N–H and O–H groups in total. The van der Waals surface area contributed by atoms with Crippen LogP contribution in [0.5, 0.6) is 11.5 Å². The molecule has 1 aromatic rings. The number of nitrogens with two attached hydrogens (primary N) is 1. The van der Waals surface area contributed by atoms with Crippen LogP contribution in [-0.4, -0.2) is 43.6 Å². The number of methoxy groups -OCH3 is 2. The van der Waals surface area contributed by atoms with E-state index in [4.69, 9.17) is 15.2 Å². The van der Waals surface area contributed by atoms with E-state index in [0.29, 0.717) is 18.0 Å². The van der Waals surface area contributed by atoms with Crippen LogP contribution in [-0.2, 0) is 17.8 Å². The second-order valence-electron chi connectivity index (χ2n) is 5.23. The molecular weight excluding hydrogens is 286 g/mol. The molecule has 0 aromatic heterocycles. The molecule has 0 fully saturated rings. The van der Waals surface area contributed by atoms with Gasteiger partial charge < -0.3 is 15.2 Å². The van der Waals surface area contributed by atoms with E-state index in [1.165, 1.54) is 5.56 Å². The summed E-state index contributed by atoms with van der Waals surface area (Å²) < 4.78 is 10.6. The molecule has 1 aromatic carbocycles. The summed E-state index contributed by atoms with van der Waals surface area (Å²) in [5, 5.41) is 2.12. The Kier molecular flexibility index (Phi) is 4.87. The van der Waals surface area contributed by atoms with Gasteiger partial charge in [-0.3, -0.25) is 15.0 Å². The van der Waals surface area contributed by atoms with E-state index < -0.39 is 18.0 Å². The zero-order valence-corrected chi connectivity index (χ0v) is 13.0. The Balaban J connectivity index is 2.17. The molecule has 7 heteroatoms. The fourth-order valence-corrected chi connectivity index (χ4v) is 2.63. The number of benzene rings is 1. The highest BCUT2D eigenvalue weighted by Gasteiger charge is 2.27. The number of carbonyl (C=O) groups excluding carboxylic acids is 2. The number of urea groups is 1. The van der Waals surface area contributed by atoms with Gasteiger partial charge >= 0.3 is 6.03 Å². The Morgan fingerprint density at radius 3 is 2.36 bits per heavy atom. The number of ether oxygens (including phenoxy) is 2. The molecule has 1 atom stereocenters. The van der Waals surface area contributed by atoms with Crippen LogP contribution < -0.4 is 20.5 Å². The van der Waals surface area contributed by atoms with Crippen molar-refractivity contribution in [3.8, 4) is 11.5 Å². The van der Waals surface area contributed by atoms with Gasteiger partial charge in [-0.15, -0.1) is 0 Å². The Labute approximate surface area is 129 Å². The van der Waals surface area contributed by atoms with E-state index in [1.807, 2.05) is 17.0 Å². The molecule has 3 amide bonds. The van der Waals surface area contributed by atoms with Crippen molar-refractivity contribution in [3.63, 3.8) is 0 Å². The van der Waals surface area contributed by atoms with Crippen LogP contribution in [0.15, 0.2) is 12.1 Å². The smallest absolute Gasteiger partial charge is 0.318 e. The number of hydrogen-bond donors (Lipinski definition) is 2. The maximum Gasteiger partial charge on any atom is 0.318 e. The second kappa shape index (κ2) is 6.65. The number of nitrogens with zero attached hydrogens (tertiary/aromatic N) is 1. The third-order valence-electron chi connectivity index (χ3n) is 3.92. The summed E-state index contributed by atoms with van der Waals surface area (Å²) in [6, 6.07) is 2.63. The third-order valence-corrected chi connectivity index (χ3v) is 3.92. The van der Waals surface area contributed by atoms with E-state index >= 15 is 0 Å². The minimum absolute atomic E-state index is 0.392. The highest BCUT2D eigenvalue weighted by Crippen LogP contribution is 2.33. The maximum atomic E-state index is 11.9. The third kappa shape index (κ3) is 3.30. The van der Waals surface area contributed by atoms with Crippen molar-refractivity contribution in [2.45, 2.75) is 25.9 Å². The van der Waals surface area contributed by atoms with Crippen molar-refractivity contribution in [2.24, 2.45) is 5.73 Å². The largest absolute Gasteiger partial charge is 0.493 e. The van der Waals surface area contributed by atoms with E-state index in [9.17, 15) is 9.59 Å². The van der Waals surface area contributed by atoms with Crippen molar-refractivity contribution < 1.29 is 19.1 Å². The molecule has 0 unspecified atom stereocenters. The molecule has 1 heterocycles. The van der Waals surface area contributed by atoms with Crippen molar-refractivity contribution in [3.05, 3.63) is 23.3 Å². The molecular formula is C15H21N3O4. The quantitative estimate of drug-likeness (QED) is 0.851. The van der Waals surface area contributed by atoms with Crippen LogP contribution in [0.2, 0.25) is 0 Å². The number of hydrogen-bond acceptors (Lipinski definition) is 5. The van der Waals surface area contributed by atoms with Gasteiger partial charge in [-0.05, 0) is 36.6 Å². The van der Waals surface area contributed by atoms with Gasteiger partial charge in [0.1, 0.15) is 0 Å². The minimum Gasteiger partial charge on any atom is -0.493 e. The van der Waals surface area contributed by atoms with Gasteiger partial charge in [-0.1, -0.05) is 0 Å². The number of fused-ring (bicyclic) bond motifs is 1. The second-order valence-corrected chi connectivity index (χ2v) is 5.23. The van der Waals surface area contributed by atoms with Crippen LogP contribution in [0, 0.1) is 0 Å². The standard InChI is InChI=1S/C15H21N3O4/c1-9(14(19)17-15(16)20)18-5-4-10-6-12(21-2)13(22-3)7-11(10)8-18/h6-7,9H,4-5,8H2,1-3H3,(H3,16,17,19,20)/t9-/m0/s1. The van der Waals surface area contributed by atoms with Gasteiger partial charge in [-0.25, -0.2) is 4.79 Å². The first-order valence-corrected chi connectivity index (χ1v) is 7.04. The lowest BCUT2D eigenvalue weighted by Crippen LogP contribution is -2.49. The normalized spacial score (nSPS) is 15.6. The average molecular weight is 307 g/mol. The zero-order chi connectivity index (χ0) is 16.3. The zero-order valence-electron chi connectivity index (χ0n) is 13.0. The predicted molar refractivity (Wildman–Crippen MR) is 80.8 cm³/mol. The molecule has 7 nitrogen and oxygen atoms in total. The molecule has 0 saturated carbocycles. The lowest BCUT2D eigenvalue weighted by Gasteiger charge is -2.33. The van der Waals surface area contributed by atoms with Crippen molar-refractivity contribution in [1.29, 1.82) is 0 Å². The number of nitrogens with one attached hydrogen (secondary N) is 1. The average Bonchev–Trinajstić information content (AvgIpc) is 2.51. The lowest BCUT2D eigenvalue weighted by atomic mass is 9.97. The van der Waals surface area contributed by atoms with E-state index in [0.717, 1.165) is 18.5 Å². The molecule has 0 bridgehead atoms. The van der Waals surface area contributed by atoms with Crippen molar-refractivity contribution in [2.75, 3.05) is 20.8 Å². The number of carbonyl (C=O) groups is 2. The van der Waals surface area contributed by atoms with Gasteiger partial charge in [0, 0.05) is 13.1 Å². The SMILES string of the molecule is COc1cc2c(cc1OC)CN([C@@H](C)C(=O)NC(N)=O)CC2. The maximum absolute atomic E-state index is 11.9.